The molecule has 30 heavy (non-hydrogen) atoms. The summed E-state index contributed by atoms with van der Waals surface area (Å²) in [5.41, 5.74) is 3.19. The molecule has 150 valence electrons. The number of para-hydroxylation sites is 1. The van der Waals surface area contributed by atoms with Gasteiger partial charge in [-0.3, -0.25) is 9.59 Å². The normalized spacial score (nSPS) is 10.9. The zero-order valence-electron chi connectivity index (χ0n) is 16.7. The monoisotopic (exact) mass is 401 g/mol. The largest absolute Gasteiger partial charge is 0.465 e. The predicted molar refractivity (Wildman–Crippen MR) is 112 cm³/mol. The summed E-state index contributed by atoms with van der Waals surface area (Å²) in [6.45, 7) is 3.38. The molecule has 2 aliphatic rings. The van der Waals surface area contributed by atoms with Crippen LogP contribution in [-0.4, -0.2) is 33.2 Å². The number of carbonyl (C=O) groups excluding carboxylic acids is 2. The number of ether oxygens (including phenoxy) is 1. The third-order valence-electron chi connectivity index (χ3n) is 4.99. The topological polar surface area (TPSA) is 83.2 Å². The van der Waals surface area contributed by atoms with Gasteiger partial charge in [0.1, 0.15) is 11.3 Å². The van der Waals surface area contributed by atoms with Crippen LogP contribution in [0.25, 0.3) is 22.6 Å². The first-order valence-electron chi connectivity index (χ1n) is 9.31. The quantitative estimate of drug-likeness (QED) is 0.386. The molecule has 0 fully saturated rings. The number of Topliss-reactive ketones (excluding diaryl/α,β-unsaturated/α-hetero) is 1. The number of esters is 1. The van der Waals surface area contributed by atoms with E-state index in [4.69, 9.17) is 4.74 Å². The fourth-order valence-electron chi connectivity index (χ4n) is 3.35. The smallest absolute Gasteiger partial charge is 0.341 e. The molecule has 0 saturated carbocycles. The number of pyridine rings is 1. The van der Waals surface area contributed by atoms with Crippen molar-refractivity contribution in [3.63, 3.8) is 0 Å². The van der Waals surface area contributed by atoms with Gasteiger partial charge in [-0.2, -0.15) is 9.78 Å². The molecule has 2 aromatic carbocycles. The first kappa shape index (κ1) is 19.3. The minimum Gasteiger partial charge on any atom is -0.465 e. The highest BCUT2D eigenvalue weighted by atomic mass is 16.5. The van der Waals surface area contributed by atoms with E-state index in [9.17, 15) is 14.4 Å². The molecule has 0 aromatic heterocycles. The van der Waals surface area contributed by atoms with Gasteiger partial charge >= 0.3 is 5.97 Å². The molecule has 0 aliphatic carbocycles. The Morgan fingerprint density at radius 2 is 1.70 bits per heavy atom. The first-order valence-corrected chi connectivity index (χ1v) is 9.31. The highest BCUT2D eigenvalue weighted by molar-refractivity contribution is 5.96. The minimum absolute atomic E-state index is 0.0430. The van der Waals surface area contributed by atoms with Gasteiger partial charge in [0.2, 0.25) is 0 Å². The molecule has 0 spiro atoms. The number of aryl methyl sites for hydroxylation is 1. The van der Waals surface area contributed by atoms with E-state index in [-0.39, 0.29) is 28.2 Å². The lowest BCUT2D eigenvalue weighted by Crippen LogP contribution is -2.16. The molecule has 7 heteroatoms. The Morgan fingerprint density at radius 3 is 2.33 bits per heavy atom. The molecule has 2 aliphatic heterocycles. The lowest BCUT2D eigenvalue weighted by Gasteiger charge is -2.12. The first-order chi connectivity index (χ1) is 14.4. The third-order valence-corrected chi connectivity index (χ3v) is 4.99. The molecule has 0 saturated heterocycles. The van der Waals surface area contributed by atoms with Crippen LogP contribution >= 0.6 is 0 Å². The van der Waals surface area contributed by atoms with Crippen molar-refractivity contribution in [3.8, 4) is 22.6 Å². The fourth-order valence-corrected chi connectivity index (χ4v) is 3.35. The lowest BCUT2D eigenvalue weighted by atomic mass is 10.1. The van der Waals surface area contributed by atoms with Crippen LogP contribution in [0.5, 0.6) is 0 Å². The van der Waals surface area contributed by atoms with Gasteiger partial charge in [0.15, 0.2) is 5.78 Å². The van der Waals surface area contributed by atoms with Gasteiger partial charge in [-0.05, 0) is 49.7 Å². The molecule has 2 heterocycles. The Balaban J connectivity index is 1.96. The number of nitrogens with zero attached hydrogens (tertiary/aromatic N) is 3. The van der Waals surface area contributed by atoms with Crippen molar-refractivity contribution in [1.29, 1.82) is 0 Å². The van der Waals surface area contributed by atoms with E-state index in [1.165, 1.54) is 18.7 Å². The molecular weight excluding hydrogens is 382 g/mol. The van der Waals surface area contributed by atoms with Crippen LogP contribution in [0.3, 0.4) is 0 Å². The standard InChI is InChI=1S/C23H19N3O4/c1-14-6-4-5-7-20(14)26-22(28)18-12-25(13-19(21(18)24-26)23(29)30-3)17-10-8-16(9-11-17)15(2)27/h4-13H,1-3H3. The minimum atomic E-state index is -0.593. The number of aromatic nitrogens is 3. The average Bonchev–Trinajstić information content (AvgIpc) is 3.09. The zero-order chi connectivity index (χ0) is 21.4. The summed E-state index contributed by atoms with van der Waals surface area (Å²) >= 11 is 0. The number of hydrogen-bond donors (Lipinski definition) is 0. The summed E-state index contributed by atoms with van der Waals surface area (Å²) in [6, 6.07) is 14.3. The fraction of sp³-hybridized carbons (Fsp3) is 0.130. The van der Waals surface area contributed by atoms with Crippen molar-refractivity contribution < 1.29 is 14.3 Å². The molecule has 0 unspecified atom stereocenters. The maximum absolute atomic E-state index is 13.2. The van der Waals surface area contributed by atoms with Crippen LogP contribution < -0.4 is 5.56 Å². The second-order valence-electron chi connectivity index (χ2n) is 6.94. The van der Waals surface area contributed by atoms with Crippen molar-refractivity contribution >= 4 is 11.8 Å². The second kappa shape index (κ2) is 7.44. The summed E-state index contributed by atoms with van der Waals surface area (Å²) < 4.78 is 7.87. The van der Waals surface area contributed by atoms with Crippen LogP contribution in [0.1, 0.15) is 33.2 Å². The van der Waals surface area contributed by atoms with Crippen molar-refractivity contribution in [2.75, 3.05) is 7.11 Å². The van der Waals surface area contributed by atoms with E-state index in [0.29, 0.717) is 16.9 Å². The van der Waals surface area contributed by atoms with Gasteiger partial charge in [0.25, 0.3) is 5.56 Å². The van der Waals surface area contributed by atoms with Crippen LogP contribution in [0.15, 0.2) is 65.7 Å². The number of carbonyl (C=O) groups is 2. The number of fused-ring (bicyclic) bond motifs is 1. The maximum Gasteiger partial charge on any atom is 0.341 e. The summed E-state index contributed by atoms with van der Waals surface area (Å²) in [7, 11) is 1.28. The van der Waals surface area contributed by atoms with Gasteiger partial charge in [-0.1, -0.05) is 18.2 Å². The molecule has 0 bridgehead atoms. The Hall–Kier alpha value is -4.00. The van der Waals surface area contributed by atoms with Crippen LogP contribution in [-0.2, 0) is 4.74 Å². The Labute approximate surface area is 172 Å². The maximum atomic E-state index is 13.2. The molecule has 0 N–H and O–H groups in total. The Bertz CT molecular complexity index is 1300. The summed E-state index contributed by atoms with van der Waals surface area (Å²) in [5.74, 6) is -0.636. The molecule has 0 atom stereocenters. The number of ketones is 1. The van der Waals surface area contributed by atoms with E-state index in [0.717, 1.165) is 5.56 Å². The van der Waals surface area contributed by atoms with Crippen LogP contribution in [0, 0.1) is 6.92 Å². The van der Waals surface area contributed by atoms with E-state index in [2.05, 4.69) is 5.10 Å². The molecule has 0 radical (unpaired) electrons. The number of rotatable bonds is 4. The molecule has 7 nitrogen and oxygen atoms in total. The van der Waals surface area contributed by atoms with Crippen molar-refractivity contribution in [3.05, 3.63) is 88.0 Å². The van der Waals surface area contributed by atoms with E-state index >= 15 is 0 Å². The predicted octanol–water partition coefficient (Wildman–Crippen LogP) is 3.43. The molecular formula is C23H19N3O4. The summed E-state index contributed by atoms with van der Waals surface area (Å²) in [6.07, 6.45) is 3.21. The van der Waals surface area contributed by atoms with Gasteiger partial charge < -0.3 is 9.30 Å². The summed E-state index contributed by atoms with van der Waals surface area (Å²) in [4.78, 5) is 37.1. The van der Waals surface area contributed by atoms with Gasteiger partial charge in [-0.15, -0.1) is 0 Å². The van der Waals surface area contributed by atoms with Crippen molar-refractivity contribution in [2.45, 2.75) is 13.8 Å². The summed E-state index contributed by atoms with van der Waals surface area (Å²) in [5, 5.41) is 4.43. The average molecular weight is 401 g/mol. The third kappa shape index (κ3) is 3.20. The highest BCUT2D eigenvalue weighted by Gasteiger charge is 2.25. The van der Waals surface area contributed by atoms with E-state index in [1.54, 1.807) is 47.3 Å². The van der Waals surface area contributed by atoms with Crippen LogP contribution in [0.2, 0.25) is 0 Å². The van der Waals surface area contributed by atoms with E-state index in [1.807, 2.05) is 25.1 Å². The van der Waals surface area contributed by atoms with Crippen molar-refractivity contribution in [2.24, 2.45) is 0 Å². The van der Waals surface area contributed by atoms with Crippen LogP contribution in [0.4, 0.5) is 0 Å². The Morgan fingerprint density at radius 1 is 1.00 bits per heavy atom. The van der Waals surface area contributed by atoms with Gasteiger partial charge in [-0.25, -0.2) is 4.79 Å². The molecule has 0 amide bonds. The number of hydrogen-bond acceptors (Lipinski definition) is 5. The van der Waals surface area contributed by atoms with Gasteiger partial charge in [0, 0.05) is 23.6 Å². The second-order valence-corrected chi connectivity index (χ2v) is 6.94. The molecule has 4 rings (SSSR count). The number of benzene rings is 2. The Kier molecular flexibility index (Phi) is 4.79. The molecule has 2 aromatic rings. The van der Waals surface area contributed by atoms with Crippen molar-refractivity contribution in [1.82, 2.24) is 14.3 Å². The lowest BCUT2D eigenvalue weighted by molar-refractivity contribution is 0.0600. The number of methoxy groups -OCH3 is 1. The zero-order valence-corrected chi connectivity index (χ0v) is 16.7. The SMILES string of the molecule is COC(=O)c1cn(-c2ccc(C(C)=O)cc2)cc2c(=O)n(-c3ccccc3C)nc1-2. The van der Waals surface area contributed by atoms with E-state index < -0.39 is 5.97 Å². The highest BCUT2D eigenvalue weighted by Crippen LogP contribution is 2.25. The van der Waals surface area contributed by atoms with Gasteiger partial charge in [0.05, 0.1) is 18.4 Å².